The van der Waals surface area contributed by atoms with E-state index in [4.69, 9.17) is 21.7 Å². The van der Waals surface area contributed by atoms with E-state index < -0.39 is 0 Å². The van der Waals surface area contributed by atoms with Crippen LogP contribution in [0.25, 0.3) is 0 Å². The van der Waals surface area contributed by atoms with Gasteiger partial charge >= 0.3 is 0 Å². The number of benzene rings is 2. The van der Waals surface area contributed by atoms with E-state index >= 15 is 0 Å². The molecule has 4 nitrogen and oxygen atoms in total. The molecule has 1 heterocycles. The molecule has 0 aliphatic carbocycles. The maximum atomic E-state index is 13.5. The molecule has 0 unspecified atom stereocenters. The van der Waals surface area contributed by atoms with Gasteiger partial charge in [-0.2, -0.15) is 0 Å². The van der Waals surface area contributed by atoms with E-state index in [9.17, 15) is 4.39 Å². The van der Waals surface area contributed by atoms with Crippen LogP contribution < -0.4 is 20.1 Å². The number of fused-ring (bicyclic) bond motifs is 1. The largest absolute Gasteiger partial charge is 0.454 e. The summed E-state index contributed by atoms with van der Waals surface area (Å²) >= 11 is 5.19. The number of hydrogen-bond donors (Lipinski definition) is 2. The highest BCUT2D eigenvalue weighted by Crippen LogP contribution is 2.32. The molecule has 0 saturated carbocycles. The lowest BCUT2D eigenvalue weighted by Gasteiger charge is -2.11. The van der Waals surface area contributed by atoms with Crippen LogP contribution in [0.4, 0.5) is 4.39 Å². The predicted octanol–water partition coefficient (Wildman–Crippen LogP) is 2.72. The van der Waals surface area contributed by atoms with Crippen LogP contribution in [0.2, 0.25) is 0 Å². The quantitative estimate of drug-likeness (QED) is 0.849. The van der Waals surface area contributed by atoms with Gasteiger partial charge in [0.2, 0.25) is 6.79 Å². The molecule has 6 heteroatoms. The molecule has 3 rings (SSSR count). The van der Waals surface area contributed by atoms with Crippen molar-refractivity contribution < 1.29 is 13.9 Å². The summed E-state index contributed by atoms with van der Waals surface area (Å²) in [5.41, 5.74) is 1.61. The third-order valence-electron chi connectivity index (χ3n) is 3.29. The van der Waals surface area contributed by atoms with Crippen LogP contribution in [0, 0.1) is 5.82 Å². The second-order valence-corrected chi connectivity index (χ2v) is 5.22. The van der Waals surface area contributed by atoms with Crippen LogP contribution in [-0.2, 0) is 13.1 Å². The fraction of sp³-hybridized carbons (Fsp3) is 0.188. The summed E-state index contributed by atoms with van der Waals surface area (Å²) in [4.78, 5) is 0. The van der Waals surface area contributed by atoms with Crippen molar-refractivity contribution >= 4 is 17.3 Å². The number of ether oxygens (including phenoxy) is 2. The molecule has 0 atom stereocenters. The van der Waals surface area contributed by atoms with Crippen LogP contribution in [-0.4, -0.2) is 11.9 Å². The van der Waals surface area contributed by atoms with Gasteiger partial charge in [-0.25, -0.2) is 4.39 Å². The van der Waals surface area contributed by atoms with Crippen molar-refractivity contribution in [1.29, 1.82) is 0 Å². The Hall–Kier alpha value is -2.34. The zero-order valence-electron chi connectivity index (χ0n) is 11.8. The van der Waals surface area contributed by atoms with E-state index in [1.807, 2.05) is 18.2 Å². The molecule has 0 aromatic heterocycles. The Morgan fingerprint density at radius 3 is 2.68 bits per heavy atom. The Morgan fingerprint density at radius 2 is 1.82 bits per heavy atom. The molecule has 1 aliphatic rings. The molecule has 1 aliphatic heterocycles. The second kappa shape index (κ2) is 6.62. The standard InChI is InChI=1S/C16H15FN2O2S/c17-13-4-2-1-3-12(13)9-19-16(22)18-8-11-5-6-14-15(7-11)21-10-20-14/h1-7H,8-10H2,(H2,18,19,22). The van der Waals surface area contributed by atoms with Crippen molar-refractivity contribution in [3.8, 4) is 11.5 Å². The minimum Gasteiger partial charge on any atom is -0.454 e. The first-order valence-corrected chi connectivity index (χ1v) is 7.27. The fourth-order valence-electron chi connectivity index (χ4n) is 2.11. The van der Waals surface area contributed by atoms with Gasteiger partial charge in [-0.1, -0.05) is 24.3 Å². The highest BCUT2D eigenvalue weighted by molar-refractivity contribution is 7.80. The van der Waals surface area contributed by atoms with Crippen molar-refractivity contribution in [3.05, 3.63) is 59.4 Å². The van der Waals surface area contributed by atoms with Crippen molar-refractivity contribution in [2.24, 2.45) is 0 Å². The molecule has 0 saturated heterocycles. The normalized spacial score (nSPS) is 12.0. The minimum atomic E-state index is -0.242. The molecule has 0 amide bonds. The van der Waals surface area contributed by atoms with Crippen LogP contribution >= 0.6 is 12.2 Å². The molecule has 114 valence electrons. The van der Waals surface area contributed by atoms with Gasteiger partial charge in [0, 0.05) is 18.7 Å². The zero-order valence-corrected chi connectivity index (χ0v) is 12.6. The SMILES string of the molecule is Fc1ccccc1CNC(=S)NCc1ccc2c(c1)OCO2. The topological polar surface area (TPSA) is 42.5 Å². The first-order valence-electron chi connectivity index (χ1n) is 6.86. The van der Waals surface area contributed by atoms with Gasteiger partial charge in [-0.05, 0) is 36.0 Å². The number of rotatable bonds is 4. The highest BCUT2D eigenvalue weighted by Gasteiger charge is 2.13. The van der Waals surface area contributed by atoms with E-state index in [1.165, 1.54) is 6.07 Å². The van der Waals surface area contributed by atoms with Crippen LogP contribution in [0.5, 0.6) is 11.5 Å². The average Bonchev–Trinajstić information content (AvgIpc) is 2.99. The molecular formula is C16H15FN2O2S. The molecule has 0 bridgehead atoms. The van der Waals surface area contributed by atoms with Gasteiger partial charge in [-0.15, -0.1) is 0 Å². The predicted molar refractivity (Wildman–Crippen MR) is 85.2 cm³/mol. The smallest absolute Gasteiger partial charge is 0.231 e. The lowest BCUT2D eigenvalue weighted by atomic mass is 10.2. The Balaban J connectivity index is 1.49. The van der Waals surface area contributed by atoms with Crippen molar-refractivity contribution in [1.82, 2.24) is 10.6 Å². The number of hydrogen-bond acceptors (Lipinski definition) is 3. The van der Waals surface area contributed by atoms with E-state index in [0.717, 1.165) is 17.1 Å². The molecule has 2 aromatic carbocycles. The monoisotopic (exact) mass is 318 g/mol. The first-order chi connectivity index (χ1) is 10.7. The molecule has 2 aromatic rings. The second-order valence-electron chi connectivity index (χ2n) is 4.82. The summed E-state index contributed by atoms with van der Waals surface area (Å²) in [6.45, 7) is 1.16. The summed E-state index contributed by atoms with van der Waals surface area (Å²) in [7, 11) is 0. The maximum Gasteiger partial charge on any atom is 0.231 e. The van der Waals surface area contributed by atoms with Gasteiger partial charge in [-0.3, -0.25) is 0 Å². The summed E-state index contributed by atoms with van der Waals surface area (Å²) in [5.74, 6) is 1.25. The summed E-state index contributed by atoms with van der Waals surface area (Å²) in [6, 6.07) is 12.3. The summed E-state index contributed by atoms with van der Waals surface area (Å²) < 4.78 is 24.1. The van der Waals surface area contributed by atoms with Crippen LogP contribution in [0.15, 0.2) is 42.5 Å². The third kappa shape index (κ3) is 3.46. The highest BCUT2D eigenvalue weighted by atomic mass is 32.1. The lowest BCUT2D eigenvalue weighted by molar-refractivity contribution is 0.174. The fourth-order valence-corrected chi connectivity index (χ4v) is 2.26. The molecular weight excluding hydrogens is 303 g/mol. The number of thiocarbonyl (C=S) groups is 1. The molecule has 2 N–H and O–H groups in total. The Kier molecular flexibility index (Phi) is 4.39. The Bertz CT molecular complexity index is 694. The van der Waals surface area contributed by atoms with Crippen LogP contribution in [0.3, 0.4) is 0 Å². The molecule has 22 heavy (non-hydrogen) atoms. The number of nitrogens with one attached hydrogen (secondary N) is 2. The average molecular weight is 318 g/mol. The van der Waals surface area contributed by atoms with Crippen LogP contribution in [0.1, 0.15) is 11.1 Å². The van der Waals surface area contributed by atoms with Gasteiger partial charge in [0.15, 0.2) is 16.6 Å². The Labute approximate surface area is 133 Å². The van der Waals surface area contributed by atoms with Crippen molar-refractivity contribution in [2.45, 2.75) is 13.1 Å². The van der Waals surface area contributed by atoms with E-state index in [-0.39, 0.29) is 12.6 Å². The number of halogens is 1. The van der Waals surface area contributed by atoms with Crippen molar-refractivity contribution in [3.63, 3.8) is 0 Å². The van der Waals surface area contributed by atoms with Gasteiger partial charge < -0.3 is 20.1 Å². The van der Waals surface area contributed by atoms with E-state index in [1.54, 1.807) is 18.2 Å². The van der Waals surface area contributed by atoms with Gasteiger partial charge in [0.1, 0.15) is 5.82 Å². The third-order valence-corrected chi connectivity index (χ3v) is 3.58. The summed E-state index contributed by atoms with van der Waals surface area (Å²) in [5, 5.41) is 6.54. The lowest BCUT2D eigenvalue weighted by Crippen LogP contribution is -2.34. The molecule has 0 spiro atoms. The minimum absolute atomic E-state index is 0.242. The first kappa shape index (κ1) is 14.6. The van der Waals surface area contributed by atoms with E-state index in [2.05, 4.69) is 10.6 Å². The van der Waals surface area contributed by atoms with Crippen molar-refractivity contribution in [2.75, 3.05) is 6.79 Å². The molecule has 0 fully saturated rings. The van der Waals surface area contributed by atoms with Gasteiger partial charge in [0.25, 0.3) is 0 Å². The molecule has 0 radical (unpaired) electrons. The Morgan fingerprint density at radius 1 is 1.05 bits per heavy atom. The maximum absolute atomic E-state index is 13.5. The van der Waals surface area contributed by atoms with Gasteiger partial charge in [0.05, 0.1) is 0 Å². The summed E-state index contributed by atoms with van der Waals surface area (Å²) in [6.07, 6.45) is 0. The van der Waals surface area contributed by atoms with E-state index in [0.29, 0.717) is 23.8 Å². The zero-order chi connectivity index (χ0) is 15.4.